The van der Waals surface area contributed by atoms with Crippen molar-refractivity contribution in [3.05, 3.63) is 48.0 Å². The van der Waals surface area contributed by atoms with Crippen LogP contribution in [0.5, 0.6) is 5.75 Å². The minimum Gasteiger partial charge on any atom is -0.507 e. The summed E-state index contributed by atoms with van der Waals surface area (Å²) in [6, 6.07) is 13.9. The van der Waals surface area contributed by atoms with Crippen LogP contribution in [0.3, 0.4) is 0 Å². The third kappa shape index (κ3) is 2.70. The molecule has 1 nitrogen and oxygen atoms in total. The lowest BCUT2D eigenvalue weighted by Gasteiger charge is -2.12. The lowest BCUT2D eigenvalue weighted by Crippen LogP contribution is -1.90. The first kappa shape index (κ1) is 13.0. The first-order chi connectivity index (χ1) is 8.74. The molecule has 2 aromatic carbocycles. The van der Waals surface area contributed by atoms with Crippen molar-refractivity contribution in [1.29, 1.82) is 0 Å². The van der Waals surface area contributed by atoms with Crippen molar-refractivity contribution < 1.29 is 5.11 Å². The number of aromatic hydroxyl groups is 1. The van der Waals surface area contributed by atoms with Crippen LogP contribution in [0.4, 0.5) is 0 Å². The average molecular weight is 258 g/mol. The Bertz CT molecular complexity index is 520. The Balaban J connectivity index is 2.46. The van der Waals surface area contributed by atoms with Gasteiger partial charge in [0.15, 0.2) is 0 Å². The van der Waals surface area contributed by atoms with E-state index in [-0.39, 0.29) is 0 Å². The molecule has 0 aliphatic carbocycles. The van der Waals surface area contributed by atoms with E-state index in [4.69, 9.17) is 0 Å². The van der Waals surface area contributed by atoms with E-state index < -0.39 is 0 Å². The topological polar surface area (TPSA) is 20.2 Å². The highest BCUT2D eigenvalue weighted by Crippen LogP contribution is 2.37. The second-order valence-corrected chi connectivity index (χ2v) is 4.92. The Kier molecular flexibility index (Phi) is 4.32. The van der Waals surface area contributed by atoms with E-state index in [0.29, 0.717) is 5.75 Å². The Morgan fingerprint density at radius 2 is 1.78 bits per heavy atom. The molecular weight excluding hydrogens is 240 g/mol. The number of aryl methyl sites for hydroxylation is 1. The molecule has 0 saturated heterocycles. The normalized spacial score (nSPS) is 10.6. The minimum atomic E-state index is 0.377. The van der Waals surface area contributed by atoms with Gasteiger partial charge in [-0.1, -0.05) is 49.7 Å². The molecule has 0 aliphatic heterocycles. The Morgan fingerprint density at radius 1 is 1.06 bits per heavy atom. The summed E-state index contributed by atoms with van der Waals surface area (Å²) in [4.78, 5) is 0.818. The van der Waals surface area contributed by atoms with Crippen molar-refractivity contribution in [3.63, 3.8) is 0 Å². The molecular formula is C16H18OS. The molecule has 0 unspecified atom stereocenters. The average Bonchev–Trinajstić information content (AvgIpc) is 2.39. The molecule has 94 valence electrons. The van der Waals surface area contributed by atoms with E-state index in [1.165, 1.54) is 0 Å². The van der Waals surface area contributed by atoms with Gasteiger partial charge in [-0.3, -0.25) is 0 Å². The molecule has 0 heterocycles. The van der Waals surface area contributed by atoms with Gasteiger partial charge < -0.3 is 5.11 Å². The summed E-state index contributed by atoms with van der Waals surface area (Å²) in [6.07, 6.45) is 3.13. The summed E-state index contributed by atoms with van der Waals surface area (Å²) in [5, 5.41) is 10.4. The maximum atomic E-state index is 10.4. The molecule has 18 heavy (non-hydrogen) atoms. The van der Waals surface area contributed by atoms with Gasteiger partial charge in [-0.15, -0.1) is 12.6 Å². The fourth-order valence-corrected chi connectivity index (χ4v) is 2.39. The van der Waals surface area contributed by atoms with E-state index in [1.807, 2.05) is 42.5 Å². The van der Waals surface area contributed by atoms with Crippen LogP contribution in [0.15, 0.2) is 47.4 Å². The highest BCUT2D eigenvalue weighted by Gasteiger charge is 2.12. The van der Waals surface area contributed by atoms with Gasteiger partial charge in [-0.05, 0) is 30.0 Å². The third-order valence-electron chi connectivity index (χ3n) is 3.10. The third-order valence-corrected chi connectivity index (χ3v) is 3.47. The molecule has 2 heteroatoms. The molecule has 0 atom stereocenters. The van der Waals surface area contributed by atoms with E-state index in [9.17, 15) is 5.11 Å². The molecule has 1 N–H and O–H groups in total. The van der Waals surface area contributed by atoms with Crippen LogP contribution in [0, 0.1) is 0 Å². The largest absolute Gasteiger partial charge is 0.507 e. The van der Waals surface area contributed by atoms with Crippen molar-refractivity contribution in [1.82, 2.24) is 0 Å². The monoisotopic (exact) mass is 258 g/mol. The van der Waals surface area contributed by atoms with Crippen LogP contribution in [-0.4, -0.2) is 5.11 Å². The summed E-state index contributed by atoms with van der Waals surface area (Å²) >= 11 is 4.46. The Labute approximate surface area is 114 Å². The Morgan fingerprint density at radius 3 is 2.44 bits per heavy atom. The van der Waals surface area contributed by atoms with Gasteiger partial charge in [0.2, 0.25) is 0 Å². The first-order valence-corrected chi connectivity index (χ1v) is 6.78. The van der Waals surface area contributed by atoms with Crippen molar-refractivity contribution in [2.45, 2.75) is 31.1 Å². The number of benzene rings is 2. The zero-order valence-electron chi connectivity index (χ0n) is 10.6. The predicted octanol–water partition coefficient (Wildman–Crippen LogP) is 4.69. The standard InChI is InChI=1S/C16H18OS/c1-2-3-7-13-10-11-14(18)15(16(13)17)12-8-5-4-6-9-12/h4-6,8-11,17-18H,2-3,7H2,1H3. The lowest BCUT2D eigenvalue weighted by atomic mass is 9.98. The number of rotatable bonds is 4. The maximum absolute atomic E-state index is 10.4. The molecule has 0 fully saturated rings. The molecule has 0 radical (unpaired) electrons. The van der Waals surface area contributed by atoms with Crippen LogP contribution < -0.4 is 0 Å². The minimum absolute atomic E-state index is 0.377. The fourth-order valence-electron chi connectivity index (χ4n) is 2.08. The van der Waals surface area contributed by atoms with Crippen LogP contribution in [-0.2, 0) is 6.42 Å². The van der Waals surface area contributed by atoms with Gasteiger partial charge in [-0.25, -0.2) is 0 Å². The predicted molar refractivity (Wildman–Crippen MR) is 79.4 cm³/mol. The Hall–Kier alpha value is -1.41. The summed E-state index contributed by atoms with van der Waals surface area (Å²) < 4.78 is 0. The SMILES string of the molecule is CCCCc1ccc(S)c(-c2ccccc2)c1O. The van der Waals surface area contributed by atoms with Crippen LogP contribution >= 0.6 is 12.6 Å². The second-order valence-electron chi connectivity index (χ2n) is 4.44. The highest BCUT2D eigenvalue weighted by molar-refractivity contribution is 7.80. The van der Waals surface area contributed by atoms with Crippen molar-refractivity contribution in [3.8, 4) is 16.9 Å². The molecule has 2 aromatic rings. The summed E-state index contributed by atoms with van der Waals surface area (Å²) in [6.45, 7) is 2.15. The molecule has 0 spiro atoms. The van der Waals surface area contributed by atoms with Crippen molar-refractivity contribution in [2.24, 2.45) is 0 Å². The van der Waals surface area contributed by atoms with Gasteiger partial charge in [0, 0.05) is 10.5 Å². The number of phenolic OH excluding ortho intramolecular Hbond substituents is 1. The zero-order chi connectivity index (χ0) is 13.0. The smallest absolute Gasteiger partial charge is 0.127 e. The lowest BCUT2D eigenvalue weighted by molar-refractivity contribution is 0.467. The van der Waals surface area contributed by atoms with Gasteiger partial charge in [0.1, 0.15) is 5.75 Å². The molecule has 2 rings (SSSR count). The fraction of sp³-hybridized carbons (Fsp3) is 0.250. The number of hydrogen-bond donors (Lipinski definition) is 2. The van der Waals surface area contributed by atoms with E-state index in [0.717, 1.165) is 40.8 Å². The van der Waals surface area contributed by atoms with Crippen molar-refractivity contribution >= 4 is 12.6 Å². The summed E-state index contributed by atoms with van der Waals surface area (Å²) in [7, 11) is 0. The highest BCUT2D eigenvalue weighted by atomic mass is 32.1. The number of unbranched alkanes of at least 4 members (excludes halogenated alkanes) is 1. The quantitative estimate of drug-likeness (QED) is 0.762. The van der Waals surface area contributed by atoms with E-state index in [2.05, 4.69) is 19.6 Å². The van der Waals surface area contributed by atoms with Gasteiger partial charge in [0.05, 0.1) is 0 Å². The van der Waals surface area contributed by atoms with E-state index in [1.54, 1.807) is 0 Å². The number of phenols is 1. The van der Waals surface area contributed by atoms with Gasteiger partial charge in [-0.2, -0.15) is 0 Å². The van der Waals surface area contributed by atoms with Gasteiger partial charge >= 0.3 is 0 Å². The first-order valence-electron chi connectivity index (χ1n) is 6.33. The van der Waals surface area contributed by atoms with Crippen LogP contribution in [0.1, 0.15) is 25.3 Å². The van der Waals surface area contributed by atoms with Crippen LogP contribution in [0.2, 0.25) is 0 Å². The van der Waals surface area contributed by atoms with Crippen molar-refractivity contribution in [2.75, 3.05) is 0 Å². The molecule has 0 aromatic heterocycles. The summed E-state index contributed by atoms with van der Waals surface area (Å²) in [5.74, 6) is 0.377. The maximum Gasteiger partial charge on any atom is 0.127 e. The van der Waals surface area contributed by atoms with Gasteiger partial charge in [0.25, 0.3) is 0 Å². The number of hydrogen-bond acceptors (Lipinski definition) is 2. The molecule has 0 saturated carbocycles. The summed E-state index contributed by atoms with van der Waals surface area (Å²) in [5.41, 5.74) is 2.86. The second kappa shape index (κ2) is 5.96. The number of thiol groups is 1. The zero-order valence-corrected chi connectivity index (χ0v) is 11.5. The molecule has 0 bridgehead atoms. The van der Waals surface area contributed by atoms with Crippen LogP contribution in [0.25, 0.3) is 11.1 Å². The van der Waals surface area contributed by atoms with E-state index >= 15 is 0 Å². The molecule has 0 amide bonds. The molecule has 0 aliphatic rings.